The zero-order valence-electron chi connectivity index (χ0n) is 24.2. The lowest BCUT2D eigenvalue weighted by Crippen LogP contribution is -2.46. The van der Waals surface area contributed by atoms with Crippen LogP contribution in [0.4, 0.5) is 0 Å². The van der Waals surface area contributed by atoms with Gasteiger partial charge in [0.05, 0.1) is 11.8 Å². The minimum absolute atomic E-state index is 0.0758. The van der Waals surface area contributed by atoms with Gasteiger partial charge in [0.1, 0.15) is 13.2 Å². The summed E-state index contributed by atoms with van der Waals surface area (Å²) in [5, 5.41) is 7.06. The lowest BCUT2D eigenvalue weighted by atomic mass is 9.87. The van der Waals surface area contributed by atoms with Crippen molar-refractivity contribution >= 4 is 11.9 Å². The smallest absolute Gasteiger partial charge is 0.311 e. The van der Waals surface area contributed by atoms with Gasteiger partial charge in [0, 0.05) is 22.2 Å². The number of hydrogen-bond acceptors (Lipinski definition) is 6. The van der Waals surface area contributed by atoms with Crippen molar-refractivity contribution in [2.45, 2.75) is 104 Å². The molecular formula is C32H44N2O4. The third-order valence-corrected chi connectivity index (χ3v) is 8.06. The molecule has 2 N–H and O–H groups in total. The lowest BCUT2D eigenvalue weighted by Gasteiger charge is -2.27. The highest BCUT2D eigenvalue weighted by Gasteiger charge is 2.49. The van der Waals surface area contributed by atoms with Crippen molar-refractivity contribution in [3.05, 3.63) is 59.7 Å². The second-order valence-electron chi connectivity index (χ2n) is 13.6. The number of ether oxygens (including phenoxy) is 2. The molecule has 2 heterocycles. The Labute approximate surface area is 227 Å². The molecule has 0 bridgehead atoms. The third-order valence-electron chi connectivity index (χ3n) is 8.06. The summed E-state index contributed by atoms with van der Waals surface area (Å²) < 4.78 is 11.4. The van der Waals surface area contributed by atoms with Crippen molar-refractivity contribution in [2.24, 2.45) is 11.8 Å². The molecule has 2 fully saturated rings. The Hall–Kier alpha value is -2.70. The van der Waals surface area contributed by atoms with Gasteiger partial charge >= 0.3 is 11.9 Å². The molecule has 0 amide bonds. The standard InChI is InChI=1S/C32H44N2O4/c1-29(2)17-25(31(5,6)33-29)27(35)37-19-21-9-13-23(14-10-21)24-15-11-22(12-16-24)20-38-28(36)26-18-30(3,4)34-32(26,7)8/h9-16,25-26,33-34H,17-20H2,1-8H3. The van der Waals surface area contributed by atoms with Crippen LogP contribution in [-0.4, -0.2) is 34.1 Å². The molecule has 38 heavy (non-hydrogen) atoms. The Morgan fingerprint density at radius 1 is 0.632 bits per heavy atom. The van der Waals surface area contributed by atoms with Crippen LogP contribution in [-0.2, 0) is 32.3 Å². The van der Waals surface area contributed by atoms with Gasteiger partial charge in [-0.25, -0.2) is 0 Å². The number of rotatable bonds is 7. The van der Waals surface area contributed by atoms with Gasteiger partial charge in [-0.15, -0.1) is 0 Å². The fraction of sp³-hybridized carbons (Fsp3) is 0.562. The van der Waals surface area contributed by atoms with Gasteiger partial charge in [-0.05, 0) is 90.5 Å². The minimum Gasteiger partial charge on any atom is -0.461 e. The van der Waals surface area contributed by atoms with E-state index in [9.17, 15) is 9.59 Å². The Morgan fingerprint density at radius 2 is 0.947 bits per heavy atom. The summed E-state index contributed by atoms with van der Waals surface area (Å²) in [4.78, 5) is 25.6. The normalized spacial score (nSPS) is 24.6. The maximum absolute atomic E-state index is 12.8. The van der Waals surface area contributed by atoms with E-state index in [1.165, 1.54) is 0 Å². The fourth-order valence-electron chi connectivity index (χ4n) is 6.40. The minimum atomic E-state index is -0.282. The van der Waals surface area contributed by atoms with Crippen molar-refractivity contribution in [1.82, 2.24) is 10.6 Å². The van der Waals surface area contributed by atoms with E-state index in [-0.39, 0.29) is 59.1 Å². The molecule has 6 heteroatoms. The van der Waals surface area contributed by atoms with Gasteiger partial charge in [0.25, 0.3) is 0 Å². The summed E-state index contributed by atoms with van der Waals surface area (Å²) >= 11 is 0. The summed E-state index contributed by atoms with van der Waals surface area (Å²) in [6.45, 7) is 17.3. The zero-order chi connectivity index (χ0) is 27.9. The second-order valence-corrected chi connectivity index (χ2v) is 13.6. The lowest BCUT2D eigenvalue weighted by molar-refractivity contribution is -0.152. The Bertz CT molecular complexity index is 1070. The Kier molecular flexibility index (Phi) is 7.54. The van der Waals surface area contributed by atoms with E-state index in [1.807, 2.05) is 48.5 Å². The Balaban J connectivity index is 1.29. The van der Waals surface area contributed by atoms with Crippen LogP contribution in [0.1, 0.15) is 79.4 Å². The average Bonchev–Trinajstić information content (AvgIpc) is 3.20. The van der Waals surface area contributed by atoms with E-state index in [1.54, 1.807) is 0 Å². The van der Waals surface area contributed by atoms with Crippen LogP contribution in [0.15, 0.2) is 48.5 Å². The van der Waals surface area contributed by atoms with Gasteiger partial charge in [0.15, 0.2) is 0 Å². The molecule has 2 aromatic carbocycles. The molecule has 2 saturated heterocycles. The van der Waals surface area contributed by atoms with Gasteiger partial charge < -0.3 is 20.1 Å². The number of esters is 2. The molecule has 0 aromatic heterocycles. The second kappa shape index (κ2) is 10.1. The molecule has 2 aromatic rings. The summed E-state index contributed by atoms with van der Waals surface area (Å²) in [7, 11) is 0. The predicted molar refractivity (Wildman–Crippen MR) is 150 cm³/mol. The summed E-state index contributed by atoms with van der Waals surface area (Å²) in [5.41, 5.74) is 3.36. The van der Waals surface area contributed by atoms with E-state index in [2.05, 4.69) is 66.0 Å². The van der Waals surface area contributed by atoms with E-state index >= 15 is 0 Å². The van der Waals surface area contributed by atoms with Crippen molar-refractivity contribution in [1.29, 1.82) is 0 Å². The number of nitrogens with one attached hydrogen (secondary N) is 2. The first-order chi connectivity index (χ1) is 17.6. The average molecular weight is 521 g/mol. The third kappa shape index (κ3) is 6.47. The molecule has 2 unspecified atom stereocenters. The zero-order valence-corrected chi connectivity index (χ0v) is 24.2. The molecule has 0 saturated carbocycles. The van der Waals surface area contributed by atoms with Crippen LogP contribution in [0.3, 0.4) is 0 Å². The quantitative estimate of drug-likeness (QED) is 0.451. The van der Waals surface area contributed by atoms with Crippen molar-refractivity contribution in [2.75, 3.05) is 0 Å². The largest absolute Gasteiger partial charge is 0.461 e. The number of carbonyl (C=O) groups excluding carboxylic acids is 2. The van der Waals surface area contributed by atoms with Crippen LogP contribution in [0, 0.1) is 11.8 Å². The van der Waals surface area contributed by atoms with Crippen molar-refractivity contribution < 1.29 is 19.1 Å². The van der Waals surface area contributed by atoms with Gasteiger partial charge in [0.2, 0.25) is 0 Å². The van der Waals surface area contributed by atoms with E-state index < -0.39 is 0 Å². The van der Waals surface area contributed by atoms with E-state index in [0.717, 1.165) is 35.1 Å². The van der Waals surface area contributed by atoms with Crippen LogP contribution in [0.5, 0.6) is 0 Å². The molecule has 4 rings (SSSR count). The van der Waals surface area contributed by atoms with Crippen LogP contribution >= 0.6 is 0 Å². The first kappa shape index (κ1) is 28.3. The molecule has 6 nitrogen and oxygen atoms in total. The fourth-order valence-corrected chi connectivity index (χ4v) is 6.40. The summed E-state index contributed by atoms with van der Waals surface area (Å²) in [5.74, 6) is -0.625. The molecule has 2 aliphatic rings. The monoisotopic (exact) mass is 520 g/mol. The van der Waals surface area contributed by atoms with Crippen molar-refractivity contribution in [3.63, 3.8) is 0 Å². The first-order valence-electron chi connectivity index (χ1n) is 13.7. The van der Waals surface area contributed by atoms with E-state index in [0.29, 0.717) is 0 Å². The predicted octanol–water partition coefficient (Wildman–Crippen LogP) is 5.77. The molecule has 2 aliphatic heterocycles. The highest BCUT2D eigenvalue weighted by Crippen LogP contribution is 2.37. The number of benzene rings is 2. The van der Waals surface area contributed by atoms with Gasteiger partial charge in [-0.2, -0.15) is 0 Å². The maximum Gasteiger partial charge on any atom is 0.311 e. The molecule has 2 atom stereocenters. The Morgan fingerprint density at radius 3 is 1.21 bits per heavy atom. The number of carbonyl (C=O) groups is 2. The van der Waals surface area contributed by atoms with Crippen LogP contribution in [0.25, 0.3) is 11.1 Å². The number of hydrogen-bond donors (Lipinski definition) is 2. The van der Waals surface area contributed by atoms with E-state index in [4.69, 9.17) is 9.47 Å². The summed E-state index contributed by atoms with van der Waals surface area (Å²) in [6.07, 6.45) is 1.53. The van der Waals surface area contributed by atoms with Gasteiger partial charge in [-0.1, -0.05) is 48.5 Å². The molecule has 206 valence electrons. The molecule has 0 spiro atoms. The first-order valence-corrected chi connectivity index (χ1v) is 13.7. The molecule has 0 radical (unpaired) electrons. The van der Waals surface area contributed by atoms with Gasteiger partial charge in [-0.3, -0.25) is 9.59 Å². The maximum atomic E-state index is 12.8. The molecular weight excluding hydrogens is 476 g/mol. The van der Waals surface area contributed by atoms with Crippen LogP contribution in [0.2, 0.25) is 0 Å². The molecule has 0 aliphatic carbocycles. The highest BCUT2D eigenvalue weighted by molar-refractivity contribution is 5.75. The van der Waals surface area contributed by atoms with Crippen molar-refractivity contribution in [3.8, 4) is 11.1 Å². The highest BCUT2D eigenvalue weighted by atomic mass is 16.5. The summed E-state index contributed by atoms with van der Waals surface area (Å²) in [6, 6.07) is 16.2. The van der Waals surface area contributed by atoms with Crippen LogP contribution < -0.4 is 10.6 Å². The SMILES string of the molecule is CC1(C)CC(C(=O)OCc2ccc(-c3ccc(COC(=O)C4CC(C)(C)NC4(C)C)cc3)cc2)C(C)(C)N1. The topological polar surface area (TPSA) is 76.7 Å².